The normalized spacial score (nSPS) is 18.6. The predicted octanol–water partition coefficient (Wildman–Crippen LogP) is 5.56. The second-order valence-corrected chi connectivity index (χ2v) is 8.41. The van der Waals surface area contributed by atoms with Crippen LogP contribution in [0.25, 0.3) is 0 Å². The van der Waals surface area contributed by atoms with Gasteiger partial charge in [-0.2, -0.15) is 0 Å². The Hall–Kier alpha value is -2.95. The van der Waals surface area contributed by atoms with Crippen LogP contribution in [0.5, 0.6) is 5.75 Å². The fourth-order valence-corrected chi connectivity index (χ4v) is 4.65. The third kappa shape index (κ3) is 5.26. The number of methoxy groups -OCH3 is 1. The van der Waals surface area contributed by atoms with E-state index in [1.165, 1.54) is 0 Å². The van der Waals surface area contributed by atoms with Crippen molar-refractivity contribution >= 4 is 17.3 Å². The molecule has 2 aromatic carbocycles. The Bertz CT molecular complexity index is 905. The number of amides is 1. The molecule has 32 heavy (non-hydrogen) atoms. The van der Waals surface area contributed by atoms with E-state index in [4.69, 9.17) is 4.74 Å². The van der Waals surface area contributed by atoms with Gasteiger partial charge >= 0.3 is 0 Å². The highest BCUT2D eigenvalue weighted by Crippen LogP contribution is 2.36. The summed E-state index contributed by atoms with van der Waals surface area (Å²) in [4.78, 5) is 19.5. The van der Waals surface area contributed by atoms with Crippen molar-refractivity contribution in [3.8, 4) is 5.75 Å². The van der Waals surface area contributed by atoms with Crippen LogP contribution in [0.15, 0.2) is 60.8 Å². The quantitative estimate of drug-likeness (QED) is 0.544. The number of carbonyl (C=O) groups excluding carboxylic acids is 1. The van der Waals surface area contributed by atoms with Crippen LogP contribution < -0.4 is 9.64 Å². The molecule has 2 atom stereocenters. The minimum Gasteiger partial charge on any atom is -0.497 e. The summed E-state index contributed by atoms with van der Waals surface area (Å²) in [5.41, 5.74) is 2.95. The number of hydrogen-bond donors (Lipinski definition) is 0. The van der Waals surface area contributed by atoms with Crippen LogP contribution in [-0.2, 0) is 0 Å². The zero-order valence-electron chi connectivity index (χ0n) is 20.1. The smallest absolute Gasteiger partial charge is 0.253 e. The zero-order chi connectivity index (χ0) is 23.1. The van der Waals surface area contributed by atoms with Gasteiger partial charge in [0.15, 0.2) is 0 Å². The summed E-state index contributed by atoms with van der Waals surface area (Å²) in [5, 5.41) is 0. The summed E-state index contributed by atoms with van der Waals surface area (Å²) >= 11 is 0. The third-order valence-corrected chi connectivity index (χ3v) is 6.36. The molecule has 3 rings (SSSR count). The molecule has 0 N–H and O–H groups in total. The summed E-state index contributed by atoms with van der Waals surface area (Å²) in [6.45, 7) is 11.9. The first-order valence-corrected chi connectivity index (χ1v) is 11.7. The molecular weight excluding hydrogens is 398 g/mol. The van der Waals surface area contributed by atoms with Crippen molar-refractivity contribution in [2.45, 2.75) is 40.2 Å². The number of piperidine rings is 1. The lowest BCUT2D eigenvalue weighted by Gasteiger charge is -2.43. The molecule has 5 heteroatoms. The number of rotatable bonds is 8. The van der Waals surface area contributed by atoms with E-state index in [9.17, 15) is 4.79 Å². The van der Waals surface area contributed by atoms with Crippen molar-refractivity contribution in [1.82, 2.24) is 9.80 Å². The maximum absolute atomic E-state index is 12.8. The summed E-state index contributed by atoms with van der Waals surface area (Å²) < 4.78 is 5.51. The number of hydrogen-bond acceptors (Lipinski definition) is 4. The molecule has 0 radical (unpaired) electrons. The van der Waals surface area contributed by atoms with Crippen LogP contribution in [-0.4, -0.2) is 55.0 Å². The SMILES string of the molecule is C/C=C/N1CC[C@@H](N(c2ccc(C(=O)N(CC)CC)cc2)c2cccc(OC)c2)[C@@H](C)C1. The Labute approximate surface area is 193 Å². The van der Waals surface area contributed by atoms with Gasteiger partial charge in [-0.25, -0.2) is 0 Å². The van der Waals surface area contributed by atoms with Crippen LogP contribution in [0.2, 0.25) is 0 Å². The molecule has 172 valence electrons. The van der Waals surface area contributed by atoms with E-state index in [1.807, 2.05) is 43.0 Å². The van der Waals surface area contributed by atoms with E-state index in [-0.39, 0.29) is 5.91 Å². The van der Waals surface area contributed by atoms with E-state index >= 15 is 0 Å². The van der Waals surface area contributed by atoms with Gasteiger partial charge in [-0.15, -0.1) is 0 Å². The average molecular weight is 436 g/mol. The topological polar surface area (TPSA) is 36.0 Å². The average Bonchev–Trinajstić information content (AvgIpc) is 2.82. The Morgan fingerprint density at radius 3 is 2.44 bits per heavy atom. The fourth-order valence-electron chi connectivity index (χ4n) is 4.65. The molecule has 1 saturated heterocycles. The number of likely N-dealkylation sites (tertiary alicyclic amines) is 1. The van der Waals surface area contributed by atoms with Crippen LogP contribution in [0.3, 0.4) is 0 Å². The summed E-state index contributed by atoms with van der Waals surface area (Å²) in [7, 11) is 1.70. The van der Waals surface area contributed by atoms with Crippen molar-refractivity contribution in [2.75, 3.05) is 38.2 Å². The maximum atomic E-state index is 12.8. The van der Waals surface area contributed by atoms with Gasteiger partial charge in [0.05, 0.1) is 7.11 Å². The lowest BCUT2D eigenvalue weighted by Crippen LogP contribution is -2.47. The molecule has 1 fully saturated rings. The van der Waals surface area contributed by atoms with E-state index in [0.29, 0.717) is 12.0 Å². The highest BCUT2D eigenvalue weighted by molar-refractivity contribution is 5.94. The molecule has 0 aromatic heterocycles. The molecule has 2 aromatic rings. The second kappa shape index (κ2) is 11.1. The van der Waals surface area contributed by atoms with Gasteiger partial charge in [0.2, 0.25) is 0 Å². The van der Waals surface area contributed by atoms with E-state index in [1.54, 1.807) is 7.11 Å². The maximum Gasteiger partial charge on any atom is 0.253 e. The summed E-state index contributed by atoms with van der Waals surface area (Å²) in [6.07, 6.45) is 5.36. The monoisotopic (exact) mass is 435 g/mol. The fraction of sp³-hybridized carbons (Fsp3) is 0.444. The molecule has 1 aliphatic heterocycles. The Morgan fingerprint density at radius 2 is 1.84 bits per heavy atom. The van der Waals surface area contributed by atoms with Crippen molar-refractivity contribution in [3.63, 3.8) is 0 Å². The van der Waals surface area contributed by atoms with Gasteiger partial charge in [0, 0.05) is 55.2 Å². The Balaban J connectivity index is 1.95. The number of nitrogens with zero attached hydrogens (tertiary/aromatic N) is 3. The van der Waals surface area contributed by atoms with Gasteiger partial charge < -0.3 is 19.4 Å². The molecule has 0 spiro atoms. The van der Waals surface area contributed by atoms with Crippen molar-refractivity contribution in [3.05, 3.63) is 66.4 Å². The van der Waals surface area contributed by atoms with Gasteiger partial charge in [0.25, 0.3) is 5.91 Å². The largest absolute Gasteiger partial charge is 0.497 e. The Kier molecular flexibility index (Phi) is 8.20. The molecular formula is C27H37N3O2. The van der Waals surface area contributed by atoms with E-state index < -0.39 is 0 Å². The van der Waals surface area contributed by atoms with Crippen molar-refractivity contribution in [2.24, 2.45) is 5.92 Å². The zero-order valence-corrected chi connectivity index (χ0v) is 20.1. The predicted molar refractivity (Wildman–Crippen MR) is 133 cm³/mol. The highest BCUT2D eigenvalue weighted by Gasteiger charge is 2.31. The highest BCUT2D eigenvalue weighted by atomic mass is 16.5. The standard InChI is InChI=1S/C27H37N3O2/c1-6-17-28-18-16-26(21(4)20-28)30(24-10-9-11-25(19-24)32-5)23-14-12-22(13-15-23)27(31)29(7-2)8-3/h6,9-15,17,19,21,26H,7-8,16,18,20H2,1-5H3/b17-6+/t21-,26+/m0/s1. The summed E-state index contributed by atoms with van der Waals surface area (Å²) in [6, 6.07) is 16.7. The van der Waals surface area contributed by atoms with Crippen molar-refractivity contribution in [1.29, 1.82) is 0 Å². The number of anilines is 2. The first-order chi connectivity index (χ1) is 15.5. The van der Waals surface area contributed by atoms with E-state index in [0.717, 1.165) is 55.3 Å². The first-order valence-electron chi connectivity index (χ1n) is 11.7. The van der Waals surface area contributed by atoms with Gasteiger partial charge in [-0.1, -0.05) is 19.1 Å². The first kappa shape index (κ1) is 23.7. The van der Waals surface area contributed by atoms with E-state index in [2.05, 4.69) is 60.2 Å². The molecule has 1 amide bonds. The van der Waals surface area contributed by atoms with Crippen LogP contribution >= 0.6 is 0 Å². The minimum absolute atomic E-state index is 0.0857. The molecule has 1 aliphatic rings. The van der Waals surface area contributed by atoms with Gasteiger partial charge in [-0.3, -0.25) is 4.79 Å². The van der Waals surface area contributed by atoms with Crippen LogP contribution in [0.1, 0.15) is 44.5 Å². The molecule has 1 heterocycles. The summed E-state index contributed by atoms with van der Waals surface area (Å²) in [5.74, 6) is 1.41. The lowest BCUT2D eigenvalue weighted by atomic mass is 9.91. The van der Waals surface area contributed by atoms with Gasteiger partial charge in [-0.05, 0) is 75.7 Å². The number of allylic oxidation sites excluding steroid dienone is 1. The lowest BCUT2D eigenvalue weighted by molar-refractivity contribution is 0.0773. The van der Waals surface area contributed by atoms with Crippen LogP contribution in [0.4, 0.5) is 11.4 Å². The second-order valence-electron chi connectivity index (χ2n) is 8.41. The molecule has 0 saturated carbocycles. The third-order valence-electron chi connectivity index (χ3n) is 6.36. The molecule has 5 nitrogen and oxygen atoms in total. The minimum atomic E-state index is 0.0857. The van der Waals surface area contributed by atoms with Gasteiger partial charge in [0.1, 0.15) is 5.75 Å². The molecule has 0 aliphatic carbocycles. The number of carbonyl (C=O) groups is 1. The Morgan fingerprint density at radius 1 is 1.12 bits per heavy atom. The molecule has 0 bridgehead atoms. The van der Waals surface area contributed by atoms with Crippen LogP contribution in [0, 0.1) is 5.92 Å². The van der Waals surface area contributed by atoms with Crippen molar-refractivity contribution < 1.29 is 9.53 Å². The number of ether oxygens (including phenoxy) is 1. The number of benzene rings is 2. The molecule has 0 unspecified atom stereocenters.